The van der Waals surface area contributed by atoms with Gasteiger partial charge in [-0.05, 0) is 6.42 Å². The predicted octanol–water partition coefficient (Wildman–Crippen LogP) is 6.62. The van der Waals surface area contributed by atoms with Crippen molar-refractivity contribution in [1.29, 1.82) is 0 Å². The van der Waals surface area contributed by atoms with Crippen molar-refractivity contribution in [2.45, 2.75) is 40.3 Å². The summed E-state index contributed by atoms with van der Waals surface area (Å²) in [6.07, 6.45) is 3.66. The lowest BCUT2D eigenvalue weighted by atomic mass is 10.0. The fraction of sp³-hybridized carbons (Fsp3) is 0.625. The molecule has 1 aromatic rings. The molecule has 0 spiro atoms. The van der Waals surface area contributed by atoms with Gasteiger partial charge in [0, 0.05) is 35.9 Å². The van der Waals surface area contributed by atoms with Crippen molar-refractivity contribution in [3.05, 3.63) is 28.4 Å². The maximum atomic E-state index is 12.5. The number of carbonyl (C=O) groups excluding carboxylic acids is 1. The SMILES string of the molecule is CO/C(=C/C(=O)N[C@@H](C[C@H](C)C(Cl)(Cl)Cl)c1nccs1)C[C@H](C)C(Cl)(Cl)Cl. The first-order valence-electron chi connectivity index (χ1n) is 7.92. The Morgan fingerprint density at radius 2 is 1.81 bits per heavy atom. The highest BCUT2D eigenvalue weighted by Crippen LogP contribution is 2.40. The number of thiazole rings is 1. The van der Waals surface area contributed by atoms with E-state index in [-0.39, 0.29) is 24.2 Å². The molecule has 1 heterocycles. The number of amides is 1. The van der Waals surface area contributed by atoms with Gasteiger partial charge in [-0.25, -0.2) is 4.98 Å². The zero-order chi connectivity index (χ0) is 20.8. The summed E-state index contributed by atoms with van der Waals surface area (Å²) in [5, 5.41) is 5.40. The first kappa shape index (κ1) is 25.4. The fourth-order valence-electron chi connectivity index (χ4n) is 2.09. The van der Waals surface area contributed by atoms with Crippen molar-refractivity contribution < 1.29 is 9.53 Å². The van der Waals surface area contributed by atoms with E-state index in [1.165, 1.54) is 24.5 Å². The molecule has 154 valence electrons. The Bertz CT molecular complexity index is 628. The molecule has 27 heavy (non-hydrogen) atoms. The molecule has 3 atom stereocenters. The Kier molecular flexibility index (Phi) is 10.3. The van der Waals surface area contributed by atoms with Gasteiger partial charge in [-0.15, -0.1) is 11.3 Å². The molecular formula is C16H20Cl6N2O2S. The second-order valence-corrected chi connectivity index (χ2v) is 11.7. The zero-order valence-corrected chi connectivity index (χ0v) is 20.2. The molecule has 0 aliphatic carbocycles. The molecule has 1 N–H and O–H groups in total. The van der Waals surface area contributed by atoms with Crippen molar-refractivity contribution in [3.8, 4) is 0 Å². The minimum Gasteiger partial charge on any atom is -0.501 e. The molecule has 0 bridgehead atoms. The van der Waals surface area contributed by atoms with Crippen LogP contribution in [0.25, 0.3) is 0 Å². The Labute approximate surface area is 193 Å². The molecule has 0 radical (unpaired) electrons. The Balaban J connectivity index is 2.89. The highest BCUT2D eigenvalue weighted by molar-refractivity contribution is 7.09. The van der Waals surface area contributed by atoms with Crippen molar-refractivity contribution in [2.24, 2.45) is 11.8 Å². The van der Waals surface area contributed by atoms with Gasteiger partial charge < -0.3 is 10.1 Å². The maximum absolute atomic E-state index is 12.5. The van der Waals surface area contributed by atoms with Crippen molar-refractivity contribution in [2.75, 3.05) is 7.11 Å². The summed E-state index contributed by atoms with van der Waals surface area (Å²) in [7, 11) is 1.45. The van der Waals surface area contributed by atoms with Crippen LogP contribution in [-0.4, -0.2) is 25.6 Å². The van der Waals surface area contributed by atoms with Crippen LogP contribution in [0.5, 0.6) is 0 Å². The van der Waals surface area contributed by atoms with Gasteiger partial charge in [0.15, 0.2) is 7.59 Å². The number of alkyl halides is 6. The maximum Gasteiger partial charge on any atom is 0.247 e. The second-order valence-electron chi connectivity index (χ2n) is 6.07. The number of methoxy groups -OCH3 is 1. The largest absolute Gasteiger partial charge is 0.501 e. The lowest BCUT2D eigenvalue weighted by molar-refractivity contribution is -0.117. The van der Waals surface area contributed by atoms with Crippen LogP contribution in [0, 0.1) is 11.8 Å². The molecule has 0 saturated heterocycles. The lowest BCUT2D eigenvalue weighted by Gasteiger charge is -2.25. The molecular weight excluding hydrogens is 497 g/mol. The van der Waals surface area contributed by atoms with Crippen molar-refractivity contribution in [1.82, 2.24) is 10.3 Å². The number of carbonyl (C=O) groups is 1. The number of aromatic nitrogens is 1. The molecule has 0 saturated carbocycles. The third-order valence-electron chi connectivity index (χ3n) is 3.83. The zero-order valence-electron chi connectivity index (χ0n) is 14.8. The van der Waals surface area contributed by atoms with Gasteiger partial charge in [-0.3, -0.25) is 4.79 Å². The van der Waals surface area contributed by atoms with Crippen LogP contribution in [0.15, 0.2) is 23.4 Å². The summed E-state index contributed by atoms with van der Waals surface area (Å²) in [4.78, 5) is 16.7. The number of nitrogens with zero attached hydrogens (tertiary/aromatic N) is 1. The van der Waals surface area contributed by atoms with Gasteiger partial charge in [0.1, 0.15) is 10.8 Å². The standard InChI is InChI=1S/C16H20Cl6N2O2S/c1-9(15(17,18)19)6-11(26-3)8-13(25)24-12(14-23-4-5-27-14)7-10(2)16(20,21)22/h4-5,8-10,12H,6-7H2,1-3H3,(H,24,25)/b11-8+/t9-,10-,12-/m0/s1. The average Bonchev–Trinajstić information content (AvgIpc) is 3.05. The first-order valence-corrected chi connectivity index (χ1v) is 11.1. The molecule has 11 heteroatoms. The molecule has 0 fully saturated rings. The molecule has 1 aromatic heterocycles. The van der Waals surface area contributed by atoms with Crippen molar-refractivity contribution >= 4 is 86.8 Å². The first-order chi connectivity index (χ1) is 12.3. The molecule has 0 aliphatic heterocycles. The van der Waals surface area contributed by atoms with E-state index in [2.05, 4.69) is 10.3 Å². The van der Waals surface area contributed by atoms with Gasteiger partial charge in [0.2, 0.25) is 5.91 Å². The lowest BCUT2D eigenvalue weighted by Crippen LogP contribution is -2.31. The number of hydrogen-bond donors (Lipinski definition) is 1. The van der Waals surface area contributed by atoms with Crippen LogP contribution >= 0.6 is 80.9 Å². The summed E-state index contributed by atoms with van der Waals surface area (Å²) in [6.45, 7) is 3.54. The molecule has 1 rings (SSSR count). The van der Waals surface area contributed by atoms with E-state index in [0.29, 0.717) is 17.2 Å². The van der Waals surface area contributed by atoms with Crippen molar-refractivity contribution in [3.63, 3.8) is 0 Å². The van der Waals surface area contributed by atoms with E-state index in [0.717, 1.165) is 0 Å². The molecule has 0 aliphatic rings. The Morgan fingerprint density at radius 1 is 1.22 bits per heavy atom. The van der Waals surface area contributed by atoms with E-state index in [4.69, 9.17) is 74.3 Å². The fourth-order valence-corrected chi connectivity index (χ4v) is 3.29. The number of hydrogen-bond acceptors (Lipinski definition) is 4. The monoisotopic (exact) mass is 514 g/mol. The number of ether oxygens (including phenoxy) is 1. The van der Waals surface area contributed by atoms with Gasteiger partial charge >= 0.3 is 0 Å². The number of nitrogens with one attached hydrogen (secondary N) is 1. The summed E-state index contributed by atoms with van der Waals surface area (Å²) >= 11 is 36.9. The summed E-state index contributed by atoms with van der Waals surface area (Å²) in [5.74, 6) is -0.647. The molecule has 1 amide bonds. The van der Waals surface area contributed by atoms with Crippen LogP contribution in [0.1, 0.15) is 37.7 Å². The van der Waals surface area contributed by atoms with Gasteiger partial charge in [-0.2, -0.15) is 0 Å². The Morgan fingerprint density at radius 3 is 2.26 bits per heavy atom. The van der Waals surface area contributed by atoms with Gasteiger partial charge in [-0.1, -0.05) is 83.5 Å². The number of rotatable bonds is 8. The predicted molar refractivity (Wildman–Crippen MR) is 116 cm³/mol. The summed E-state index contributed by atoms with van der Waals surface area (Å²) < 4.78 is 2.33. The van der Waals surface area contributed by atoms with Crippen LogP contribution < -0.4 is 5.32 Å². The minimum atomic E-state index is -1.46. The van der Waals surface area contributed by atoms with Crippen LogP contribution in [0.3, 0.4) is 0 Å². The smallest absolute Gasteiger partial charge is 0.247 e. The van der Waals surface area contributed by atoms with Crippen LogP contribution in [0.4, 0.5) is 0 Å². The number of halogens is 6. The highest BCUT2D eigenvalue weighted by atomic mass is 35.6. The molecule has 0 aromatic carbocycles. The summed E-state index contributed by atoms with van der Waals surface area (Å²) in [5.41, 5.74) is 0. The Hall–Kier alpha value is 0.380. The average molecular weight is 517 g/mol. The second kappa shape index (κ2) is 11.0. The van der Waals surface area contributed by atoms with E-state index in [1.807, 2.05) is 5.38 Å². The van der Waals surface area contributed by atoms with E-state index in [9.17, 15) is 4.79 Å². The molecule has 0 unspecified atom stereocenters. The van der Waals surface area contributed by atoms with Gasteiger partial charge in [0.25, 0.3) is 0 Å². The quantitative estimate of drug-likeness (QED) is 0.240. The minimum absolute atomic E-state index is 0.285. The third kappa shape index (κ3) is 9.16. The van der Waals surface area contributed by atoms with E-state index < -0.39 is 13.6 Å². The number of allylic oxidation sites excluding steroid dienone is 1. The normalized spacial score (nSPS) is 16.6. The van der Waals surface area contributed by atoms with E-state index >= 15 is 0 Å². The van der Waals surface area contributed by atoms with Crippen LogP contribution in [-0.2, 0) is 9.53 Å². The topological polar surface area (TPSA) is 51.2 Å². The van der Waals surface area contributed by atoms with Crippen LogP contribution in [0.2, 0.25) is 0 Å². The molecule has 4 nitrogen and oxygen atoms in total. The summed E-state index contributed by atoms with van der Waals surface area (Å²) in [6, 6.07) is -0.414. The van der Waals surface area contributed by atoms with E-state index in [1.54, 1.807) is 20.0 Å². The highest BCUT2D eigenvalue weighted by Gasteiger charge is 2.33. The third-order valence-corrected chi connectivity index (χ3v) is 6.96. The van der Waals surface area contributed by atoms with Gasteiger partial charge in [0.05, 0.1) is 13.2 Å².